The van der Waals surface area contributed by atoms with Crippen molar-refractivity contribution in [2.24, 2.45) is 0 Å². The van der Waals surface area contributed by atoms with Crippen LogP contribution in [0.4, 0.5) is 5.69 Å². The number of benzene rings is 1. The number of nitrogens with one attached hydrogen (secondary N) is 1. The van der Waals surface area contributed by atoms with E-state index in [2.05, 4.69) is 5.32 Å². The zero-order valence-corrected chi connectivity index (χ0v) is 12.4. The Morgan fingerprint density at radius 3 is 2.65 bits per heavy atom. The van der Waals surface area contributed by atoms with Gasteiger partial charge in [-0.15, -0.1) is 0 Å². The van der Waals surface area contributed by atoms with Crippen molar-refractivity contribution in [3.05, 3.63) is 29.3 Å². The van der Waals surface area contributed by atoms with Gasteiger partial charge in [0.2, 0.25) is 5.91 Å². The number of nitrogens with zero attached hydrogens (tertiary/aromatic N) is 1. The van der Waals surface area contributed by atoms with Gasteiger partial charge in [0.25, 0.3) is 0 Å². The molecule has 2 heterocycles. The summed E-state index contributed by atoms with van der Waals surface area (Å²) in [5.41, 5.74) is 3.06. The molecule has 1 N–H and O–H groups in total. The van der Waals surface area contributed by atoms with Crippen molar-refractivity contribution in [2.45, 2.75) is 25.9 Å². The molecule has 1 aromatic carbocycles. The Labute approximate surface area is 118 Å². The van der Waals surface area contributed by atoms with E-state index in [0.717, 1.165) is 16.8 Å². The van der Waals surface area contributed by atoms with Crippen LogP contribution in [0.3, 0.4) is 0 Å². The van der Waals surface area contributed by atoms with E-state index in [1.165, 1.54) is 0 Å². The molecule has 20 heavy (non-hydrogen) atoms. The molecule has 0 radical (unpaired) electrons. The summed E-state index contributed by atoms with van der Waals surface area (Å²) in [6.45, 7) is 4.21. The molecule has 2 aliphatic heterocycles. The highest BCUT2D eigenvalue weighted by Gasteiger charge is 2.45. The fourth-order valence-corrected chi connectivity index (χ4v) is 4.90. The Kier molecular flexibility index (Phi) is 3.10. The van der Waals surface area contributed by atoms with Gasteiger partial charge in [-0.1, -0.05) is 6.07 Å². The molecular formula is C14H18N2O3S. The van der Waals surface area contributed by atoms with E-state index in [1.54, 1.807) is 4.90 Å². The van der Waals surface area contributed by atoms with E-state index in [9.17, 15) is 13.2 Å². The molecule has 0 bridgehead atoms. The average Bonchev–Trinajstić information content (AvgIpc) is 2.67. The standard InChI is InChI=1S/C14H18N2O3S/c1-9-3-4-11(5-10(9)2)16-13-8-20(18,19)7-12(13)15-6-14(16)17/h3-5,12-13,15H,6-8H2,1-2H3/t12-,13+/m1/s1. The first-order valence-electron chi connectivity index (χ1n) is 6.70. The molecule has 3 rings (SSSR count). The number of rotatable bonds is 1. The first-order valence-corrected chi connectivity index (χ1v) is 8.53. The summed E-state index contributed by atoms with van der Waals surface area (Å²) in [6, 6.07) is 5.38. The Morgan fingerprint density at radius 2 is 1.95 bits per heavy atom. The van der Waals surface area contributed by atoms with Gasteiger partial charge in [-0.2, -0.15) is 0 Å². The zero-order chi connectivity index (χ0) is 14.5. The lowest BCUT2D eigenvalue weighted by molar-refractivity contribution is -0.119. The summed E-state index contributed by atoms with van der Waals surface area (Å²) in [5.74, 6) is 0.0990. The molecule has 108 valence electrons. The van der Waals surface area contributed by atoms with Crippen molar-refractivity contribution in [2.75, 3.05) is 23.0 Å². The van der Waals surface area contributed by atoms with Gasteiger partial charge in [0.05, 0.1) is 24.1 Å². The normalized spacial score (nSPS) is 28.5. The summed E-state index contributed by atoms with van der Waals surface area (Å²) in [7, 11) is -3.07. The van der Waals surface area contributed by atoms with E-state index in [0.29, 0.717) is 0 Å². The van der Waals surface area contributed by atoms with E-state index in [4.69, 9.17) is 0 Å². The first-order chi connectivity index (χ1) is 9.37. The zero-order valence-electron chi connectivity index (χ0n) is 11.6. The number of fused-ring (bicyclic) bond motifs is 1. The molecule has 6 heteroatoms. The lowest BCUT2D eigenvalue weighted by Crippen LogP contribution is -2.60. The number of hydrogen-bond acceptors (Lipinski definition) is 4. The van der Waals surface area contributed by atoms with Crippen LogP contribution in [0, 0.1) is 13.8 Å². The molecule has 0 saturated carbocycles. The minimum absolute atomic E-state index is 0.0450. The van der Waals surface area contributed by atoms with Gasteiger partial charge in [0.1, 0.15) is 0 Å². The molecule has 0 spiro atoms. The number of sulfone groups is 1. The van der Waals surface area contributed by atoms with Crippen LogP contribution >= 0.6 is 0 Å². The van der Waals surface area contributed by atoms with Crippen molar-refractivity contribution >= 4 is 21.4 Å². The maximum Gasteiger partial charge on any atom is 0.241 e. The highest BCUT2D eigenvalue weighted by Crippen LogP contribution is 2.28. The topological polar surface area (TPSA) is 66.5 Å². The van der Waals surface area contributed by atoms with Gasteiger partial charge in [-0.05, 0) is 37.1 Å². The maximum absolute atomic E-state index is 12.2. The lowest BCUT2D eigenvalue weighted by Gasteiger charge is -2.37. The van der Waals surface area contributed by atoms with E-state index in [1.807, 2.05) is 32.0 Å². The Balaban J connectivity index is 2.01. The molecule has 0 aliphatic carbocycles. The number of anilines is 1. The van der Waals surface area contributed by atoms with E-state index < -0.39 is 9.84 Å². The third-order valence-electron chi connectivity index (χ3n) is 4.21. The molecule has 0 aromatic heterocycles. The molecule has 2 saturated heterocycles. The number of hydrogen-bond donors (Lipinski definition) is 1. The van der Waals surface area contributed by atoms with Crippen molar-refractivity contribution in [3.63, 3.8) is 0 Å². The number of carbonyl (C=O) groups is 1. The fourth-order valence-electron chi connectivity index (χ4n) is 2.98. The minimum Gasteiger partial charge on any atom is -0.306 e. The second-order valence-corrected chi connectivity index (χ2v) is 7.82. The van der Waals surface area contributed by atoms with Gasteiger partial charge in [-0.25, -0.2) is 8.42 Å². The van der Waals surface area contributed by atoms with Crippen LogP contribution in [-0.2, 0) is 14.6 Å². The van der Waals surface area contributed by atoms with E-state index >= 15 is 0 Å². The summed E-state index contributed by atoms with van der Waals surface area (Å²) in [4.78, 5) is 13.9. The number of piperazine rings is 1. The van der Waals surface area contributed by atoms with E-state index in [-0.39, 0.29) is 36.0 Å². The smallest absolute Gasteiger partial charge is 0.241 e. The largest absolute Gasteiger partial charge is 0.306 e. The van der Waals surface area contributed by atoms with Gasteiger partial charge >= 0.3 is 0 Å². The molecule has 5 nitrogen and oxygen atoms in total. The molecular weight excluding hydrogens is 276 g/mol. The Bertz CT molecular complexity index is 669. The average molecular weight is 294 g/mol. The highest BCUT2D eigenvalue weighted by molar-refractivity contribution is 7.91. The van der Waals surface area contributed by atoms with Crippen LogP contribution in [0.2, 0.25) is 0 Å². The monoisotopic (exact) mass is 294 g/mol. The highest BCUT2D eigenvalue weighted by atomic mass is 32.2. The van der Waals surface area contributed by atoms with Crippen LogP contribution < -0.4 is 10.2 Å². The second kappa shape index (κ2) is 4.56. The molecule has 2 atom stereocenters. The summed E-state index contributed by atoms with van der Waals surface area (Å²) in [6.07, 6.45) is 0. The molecule has 1 aromatic rings. The number of amides is 1. The predicted molar refractivity (Wildman–Crippen MR) is 77.6 cm³/mol. The van der Waals surface area contributed by atoms with Gasteiger partial charge in [-0.3, -0.25) is 4.79 Å². The summed E-state index contributed by atoms with van der Waals surface area (Å²) < 4.78 is 23.6. The van der Waals surface area contributed by atoms with Crippen molar-refractivity contribution in [3.8, 4) is 0 Å². The van der Waals surface area contributed by atoms with Crippen molar-refractivity contribution < 1.29 is 13.2 Å². The molecule has 2 fully saturated rings. The van der Waals surface area contributed by atoms with Crippen LogP contribution in [0.5, 0.6) is 0 Å². The summed E-state index contributed by atoms with van der Waals surface area (Å²) >= 11 is 0. The Hall–Kier alpha value is -1.40. The fraction of sp³-hybridized carbons (Fsp3) is 0.500. The third kappa shape index (κ3) is 2.23. The van der Waals surface area contributed by atoms with Crippen molar-refractivity contribution in [1.29, 1.82) is 0 Å². The van der Waals surface area contributed by atoms with Crippen LogP contribution in [0.15, 0.2) is 18.2 Å². The van der Waals surface area contributed by atoms with Crippen LogP contribution in [0.25, 0.3) is 0 Å². The number of aryl methyl sites for hydroxylation is 2. The molecule has 0 unspecified atom stereocenters. The SMILES string of the molecule is Cc1ccc(N2C(=O)CN[C@@H]3CS(=O)(=O)C[C@@H]32)cc1C. The van der Waals surface area contributed by atoms with Crippen molar-refractivity contribution in [1.82, 2.24) is 5.32 Å². The Morgan fingerprint density at radius 1 is 1.20 bits per heavy atom. The minimum atomic E-state index is -3.07. The maximum atomic E-state index is 12.2. The number of carbonyl (C=O) groups excluding carboxylic acids is 1. The summed E-state index contributed by atoms with van der Waals surface area (Å²) in [5, 5.41) is 3.04. The second-order valence-electron chi connectivity index (χ2n) is 5.66. The lowest BCUT2D eigenvalue weighted by atomic mass is 10.0. The first kappa shape index (κ1) is 13.6. The van der Waals surface area contributed by atoms with Crippen LogP contribution in [-0.4, -0.2) is 44.5 Å². The predicted octanol–water partition coefficient (Wildman–Crippen LogP) is 0.405. The molecule has 2 aliphatic rings. The third-order valence-corrected chi connectivity index (χ3v) is 5.92. The van der Waals surface area contributed by atoms with Gasteiger partial charge < -0.3 is 10.2 Å². The van der Waals surface area contributed by atoms with Gasteiger partial charge in [0, 0.05) is 11.7 Å². The quantitative estimate of drug-likeness (QED) is 0.814. The van der Waals surface area contributed by atoms with Gasteiger partial charge in [0.15, 0.2) is 9.84 Å². The molecule has 1 amide bonds. The van der Waals surface area contributed by atoms with Crippen LogP contribution in [0.1, 0.15) is 11.1 Å².